The van der Waals surface area contributed by atoms with E-state index >= 15 is 0 Å². The predicted molar refractivity (Wildman–Crippen MR) is 113 cm³/mol. The number of pyridine rings is 2. The topological polar surface area (TPSA) is 71.2 Å². The summed E-state index contributed by atoms with van der Waals surface area (Å²) in [6.07, 6.45) is 3.53. The fourth-order valence-electron chi connectivity index (χ4n) is 3.67. The number of rotatable bonds is 3. The van der Waals surface area contributed by atoms with Gasteiger partial charge < -0.3 is 14.3 Å². The molecule has 29 heavy (non-hydrogen) atoms. The number of hydrogen-bond donors (Lipinski definition) is 0. The molecule has 4 aromatic rings. The summed E-state index contributed by atoms with van der Waals surface area (Å²) in [5, 5.41) is 5.13. The van der Waals surface area contributed by atoms with Gasteiger partial charge in [-0.25, -0.2) is 0 Å². The van der Waals surface area contributed by atoms with Crippen molar-refractivity contribution in [1.29, 1.82) is 0 Å². The van der Waals surface area contributed by atoms with Gasteiger partial charge in [0.2, 0.25) is 5.82 Å². The average molecular weight is 386 g/mol. The van der Waals surface area contributed by atoms with Crippen LogP contribution in [0.2, 0.25) is 0 Å². The summed E-state index contributed by atoms with van der Waals surface area (Å²) in [7, 11) is 2.16. The molecule has 0 spiro atoms. The molecular weight excluding hydrogens is 364 g/mol. The van der Waals surface area contributed by atoms with Crippen LogP contribution in [-0.2, 0) is 0 Å². The summed E-state index contributed by atoms with van der Waals surface area (Å²) < 4.78 is 5.56. The van der Waals surface area contributed by atoms with E-state index in [4.69, 9.17) is 4.52 Å². The molecule has 7 heteroatoms. The molecular formula is C22H22N6O. The van der Waals surface area contributed by atoms with Crippen LogP contribution in [0.3, 0.4) is 0 Å². The Labute approximate surface area is 169 Å². The third kappa shape index (κ3) is 3.45. The highest BCUT2D eigenvalue weighted by Gasteiger charge is 2.17. The highest BCUT2D eigenvalue weighted by molar-refractivity contribution is 5.82. The third-order valence-electron chi connectivity index (χ3n) is 5.46. The summed E-state index contributed by atoms with van der Waals surface area (Å²) >= 11 is 0. The van der Waals surface area contributed by atoms with Crippen molar-refractivity contribution in [3.63, 3.8) is 0 Å². The van der Waals surface area contributed by atoms with Crippen molar-refractivity contribution in [3.8, 4) is 22.8 Å². The fourth-order valence-corrected chi connectivity index (χ4v) is 3.67. The quantitative estimate of drug-likeness (QED) is 0.534. The molecule has 1 aliphatic rings. The van der Waals surface area contributed by atoms with E-state index in [1.807, 2.05) is 19.1 Å². The molecule has 0 saturated carbocycles. The van der Waals surface area contributed by atoms with Crippen LogP contribution < -0.4 is 4.90 Å². The molecule has 1 aromatic carbocycles. The van der Waals surface area contributed by atoms with Crippen molar-refractivity contribution in [2.24, 2.45) is 0 Å². The predicted octanol–water partition coefficient (Wildman–Crippen LogP) is 3.41. The minimum atomic E-state index is 0.471. The number of hydrogen-bond acceptors (Lipinski definition) is 7. The van der Waals surface area contributed by atoms with Gasteiger partial charge in [-0.3, -0.25) is 9.97 Å². The van der Waals surface area contributed by atoms with Crippen molar-refractivity contribution in [2.75, 3.05) is 38.1 Å². The van der Waals surface area contributed by atoms with Crippen LogP contribution in [0, 0.1) is 6.92 Å². The molecule has 0 bridgehead atoms. The van der Waals surface area contributed by atoms with Crippen LogP contribution in [0.15, 0.2) is 53.3 Å². The number of nitrogens with zero attached hydrogens (tertiary/aromatic N) is 6. The zero-order valence-corrected chi connectivity index (χ0v) is 16.5. The first kappa shape index (κ1) is 17.8. The average Bonchev–Trinajstić information content (AvgIpc) is 3.24. The van der Waals surface area contributed by atoms with E-state index in [2.05, 4.69) is 61.2 Å². The molecule has 0 atom stereocenters. The van der Waals surface area contributed by atoms with Gasteiger partial charge in [0.15, 0.2) is 0 Å². The summed E-state index contributed by atoms with van der Waals surface area (Å²) in [6, 6.07) is 12.3. The van der Waals surface area contributed by atoms with Crippen LogP contribution >= 0.6 is 0 Å². The molecule has 0 N–H and O–H groups in total. The van der Waals surface area contributed by atoms with Gasteiger partial charge in [-0.2, -0.15) is 4.98 Å². The van der Waals surface area contributed by atoms with Gasteiger partial charge in [-0.15, -0.1) is 0 Å². The van der Waals surface area contributed by atoms with Gasteiger partial charge in [0.1, 0.15) is 0 Å². The second kappa shape index (κ2) is 7.25. The molecule has 1 aliphatic heterocycles. The van der Waals surface area contributed by atoms with E-state index in [1.165, 1.54) is 5.69 Å². The van der Waals surface area contributed by atoms with Crippen molar-refractivity contribution >= 4 is 16.6 Å². The lowest BCUT2D eigenvalue weighted by atomic mass is 10.1. The van der Waals surface area contributed by atoms with Crippen LogP contribution in [0.4, 0.5) is 5.69 Å². The molecule has 3 aromatic heterocycles. The molecule has 0 unspecified atom stereocenters. The number of aromatic nitrogens is 4. The van der Waals surface area contributed by atoms with E-state index in [0.717, 1.165) is 53.9 Å². The van der Waals surface area contributed by atoms with E-state index in [0.29, 0.717) is 11.7 Å². The standard InChI is InChI=1S/C22H22N6O/c1-15-19(13-17-14-23-8-7-20(17)24-15)22-25-21(26-29-22)16-3-5-18(6-4-16)28-11-9-27(2)10-12-28/h3-8,13-14H,9-12H2,1-2H3. The zero-order chi connectivity index (χ0) is 19.8. The number of piperazine rings is 1. The van der Waals surface area contributed by atoms with Crippen LogP contribution in [0.25, 0.3) is 33.7 Å². The Balaban J connectivity index is 1.41. The first-order valence-electron chi connectivity index (χ1n) is 9.77. The molecule has 5 rings (SSSR count). The fraction of sp³-hybridized carbons (Fsp3) is 0.273. The van der Waals surface area contributed by atoms with Crippen LogP contribution in [-0.4, -0.2) is 58.2 Å². The van der Waals surface area contributed by atoms with Gasteiger partial charge in [0.05, 0.1) is 16.8 Å². The summed E-state index contributed by atoms with van der Waals surface area (Å²) in [5.74, 6) is 1.05. The minimum absolute atomic E-state index is 0.471. The molecule has 4 heterocycles. The molecule has 0 radical (unpaired) electrons. The molecule has 146 valence electrons. The van der Waals surface area contributed by atoms with Gasteiger partial charge >= 0.3 is 0 Å². The number of anilines is 1. The summed E-state index contributed by atoms with van der Waals surface area (Å²) in [5.41, 5.74) is 4.75. The van der Waals surface area contributed by atoms with E-state index < -0.39 is 0 Å². The number of fused-ring (bicyclic) bond motifs is 1. The normalized spacial score (nSPS) is 15.2. The van der Waals surface area contributed by atoms with Crippen molar-refractivity contribution in [2.45, 2.75) is 6.92 Å². The van der Waals surface area contributed by atoms with Gasteiger partial charge in [-0.05, 0) is 50.4 Å². The largest absolute Gasteiger partial charge is 0.369 e. The molecule has 1 saturated heterocycles. The maximum Gasteiger partial charge on any atom is 0.260 e. The Morgan fingerprint density at radius 2 is 1.76 bits per heavy atom. The highest BCUT2D eigenvalue weighted by Crippen LogP contribution is 2.28. The lowest BCUT2D eigenvalue weighted by molar-refractivity contribution is 0.313. The van der Waals surface area contributed by atoms with Crippen molar-refractivity contribution in [3.05, 3.63) is 54.5 Å². The maximum absolute atomic E-state index is 5.56. The zero-order valence-electron chi connectivity index (χ0n) is 16.5. The summed E-state index contributed by atoms with van der Waals surface area (Å²) in [6.45, 7) is 6.22. The Morgan fingerprint density at radius 1 is 0.966 bits per heavy atom. The van der Waals surface area contributed by atoms with E-state index in [9.17, 15) is 0 Å². The Hall–Kier alpha value is -3.32. The van der Waals surface area contributed by atoms with Crippen molar-refractivity contribution < 1.29 is 4.52 Å². The minimum Gasteiger partial charge on any atom is -0.369 e. The molecule has 1 fully saturated rings. The lowest BCUT2D eigenvalue weighted by Gasteiger charge is -2.34. The lowest BCUT2D eigenvalue weighted by Crippen LogP contribution is -2.44. The van der Waals surface area contributed by atoms with Gasteiger partial charge in [0.25, 0.3) is 5.89 Å². The maximum atomic E-state index is 5.56. The van der Waals surface area contributed by atoms with E-state index in [1.54, 1.807) is 12.4 Å². The molecule has 7 nitrogen and oxygen atoms in total. The molecule has 0 amide bonds. The number of benzene rings is 1. The number of likely N-dealkylation sites (N-methyl/N-ethyl adjacent to an activating group) is 1. The smallest absolute Gasteiger partial charge is 0.260 e. The highest BCUT2D eigenvalue weighted by atomic mass is 16.5. The Bertz CT molecular complexity index is 1150. The number of aryl methyl sites for hydroxylation is 1. The Morgan fingerprint density at radius 3 is 2.55 bits per heavy atom. The van der Waals surface area contributed by atoms with Crippen LogP contribution in [0.5, 0.6) is 0 Å². The van der Waals surface area contributed by atoms with Crippen molar-refractivity contribution in [1.82, 2.24) is 25.0 Å². The second-order valence-electron chi connectivity index (χ2n) is 7.45. The monoisotopic (exact) mass is 386 g/mol. The van der Waals surface area contributed by atoms with E-state index in [-0.39, 0.29) is 0 Å². The van der Waals surface area contributed by atoms with Crippen LogP contribution in [0.1, 0.15) is 5.69 Å². The first-order chi connectivity index (χ1) is 14.2. The second-order valence-corrected chi connectivity index (χ2v) is 7.45. The molecule has 0 aliphatic carbocycles. The van der Waals surface area contributed by atoms with Gasteiger partial charge in [-0.1, -0.05) is 5.16 Å². The SMILES string of the molecule is Cc1nc2ccncc2cc1-c1nc(-c2ccc(N3CCN(C)CC3)cc2)no1. The first-order valence-corrected chi connectivity index (χ1v) is 9.77. The Kier molecular flexibility index (Phi) is 4.44. The third-order valence-corrected chi connectivity index (χ3v) is 5.46. The summed E-state index contributed by atoms with van der Waals surface area (Å²) in [4.78, 5) is 18.2. The van der Waals surface area contributed by atoms with Gasteiger partial charge in [0, 0.05) is 55.2 Å².